The van der Waals surface area contributed by atoms with E-state index in [1.165, 1.54) is 44.9 Å². The first-order valence-corrected chi connectivity index (χ1v) is 24.7. The molecule has 0 saturated carbocycles. The number of unbranched alkanes of at least 4 members (excludes halogenated alkanes) is 16. The maximum absolute atomic E-state index is 12.6. The summed E-state index contributed by atoms with van der Waals surface area (Å²) in [4.78, 5) is 37.4. The van der Waals surface area contributed by atoms with Crippen LogP contribution < -0.4 is 0 Å². The highest BCUT2D eigenvalue weighted by atomic mass is 16.6. The molecule has 1 unspecified atom stereocenters. The molecule has 0 aliphatic carbocycles. The van der Waals surface area contributed by atoms with Crippen LogP contribution in [0.1, 0.15) is 213 Å². The fourth-order valence-electron chi connectivity index (χ4n) is 6.40. The predicted octanol–water partition coefficient (Wildman–Crippen LogP) is 16.2. The molecular weight excluding hydrogens is 757 g/mol. The van der Waals surface area contributed by atoms with Gasteiger partial charge < -0.3 is 14.2 Å². The molecule has 6 nitrogen and oxygen atoms in total. The van der Waals surface area contributed by atoms with Gasteiger partial charge in [0.1, 0.15) is 13.2 Å². The van der Waals surface area contributed by atoms with E-state index in [0.29, 0.717) is 19.3 Å². The number of rotatable bonds is 43. The Morgan fingerprint density at radius 1 is 0.344 bits per heavy atom. The number of hydrogen-bond donors (Lipinski definition) is 0. The third kappa shape index (κ3) is 47.2. The van der Waals surface area contributed by atoms with Crippen molar-refractivity contribution in [3.05, 3.63) is 97.2 Å². The Labute approximate surface area is 375 Å². The second kappa shape index (κ2) is 49.0. The zero-order chi connectivity index (χ0) is 44.4. The van der Waals surface area contributed by atoms with Crippen molar-refractivity contribution in [2.75, 3.05) is 13.2 Å². The molecule has 0 aromatic heterocycles. The smallest absolute Gasteiger partial charge is 0.306 e. The molecule has 1 atom stereocenters. The second-order valence-electron chi connectivity index (χ2n) is 16.0. The Balaban J connectivity index is 4.13. The van der Waals surface area contributed by atoms with Gasteiger partial charge in [0.05, 0.1) is 0 Å². The highest BCUT2D eigenvalue weighted by molar-refractivity contribution is 5.71. The molecule has 0 amide bonds. The summed E-state index contributed by atoms with van der Waals surface area (Å²) >= 11 is 0. The van der Waals surface area contributed by atoms with Gasteiger partial charge in [0.2, 0.25) is 0 Å². The topological polar surface area (TPSA) is 78.9 Å². The fraction of sp³-hybridized carbons (Fsp3) is 0.655. The molecule has 0 aromatic carbocycles. The summed E-state index contributed by atoms with van der Waals surface area (Å²) in [5.74, 6) is -0.936. The quantitative estimate of drug-likeness (QED) is 0.0263. The first kappa shape index (κ1) is 57.3. The van der Waals surface area contributed by atoms with E-state index in [9.17, 15) is 14.4 Å². The average molecular weight is 847 g/mol. The van der Waals surface area contributed by atoms with Crippen molar-refractivity contribution < 1.29 is 28.6 Å². The normalized spacial score (nSPS) is 12.9. The van der Waals surface area contributed by atoms with Crippen LogP contribution in [0.3, 0.4) is 0 Å². The summed E-state index contributed by atoms with van der Waals surface area (Å²) in [5, 5.41) is 0. The van der Waals surface area contributed by atoms with Gasteiger partial charge in [-0.1, -0.05) is 208 Å². The van der Waals surface area contributed by atoms with Crippen LogP contribution in [-0.4, -0.2) is 37.2 Å². The van der Waals surface area contributed by atoms with Gasteiger partial charge in [-0.15, -0.1) is 0 Å². The van der Waals surface area contributed by atoms with Gasteiger partial charge in [0.25, 0.3) is 0 Å². The van der Waals surface area contributed by atoms with E-state index < -0.39 is 6.10 Å². The van der Waals surface area contributed by atoms with E-state index >= 15 is 0 Å². The fourth-order valence-corrected chi connectivity index (χ4v) is 6.40. The molecule has 6 heteroatoms. The number of esters is 3. The monoisotopic (exact) mass is 847 g/mol. The lowest BCUT2D eigenvalue weighted by atomic mass is 10.1. The lowest BCUT2D eigenvalue weighted by Gasteiger charge is -2.18. The van der Waals surface area contributed by atoms with Crippen molar-refractivity contribution in [1.29, 1.82) is 0 Å². The van der Waals surface area contributed by atoms with Gasteiger partial charge in [-0.3, -0.25) is 14.4 Å². The zero-order valence-electron chi connectivity index (χ0n) is 39.4. The van der Waals surface area contributed by atoms with Crippen LogP contribution in [0.25, 0.3) is 0 Å². The van der Waals surface area contributed by atoms with Gasteiger partial charge >= 0.3 is 17.9 Å². The largest absolute Gasteiger partial charge is 0.462 e. The molecule has 0 aliphatic heterocycles. The van der Waals surface area contributed by atoms with E-state index in [2.05, 4.69) is 118 Å². The standard InChI is InChI=1S/C55H90O6/c1-4-7-10-13-15-17-18-19-20-21-22-23-24-25-26-27-28-29-30-31-32-33-34-35-36-38-39-42-45-48-54(57)60-51-52(50-59-53(56)47-44-41-12-9-6-3)61-55(58)49-46-43-40-37-16-14-11-8-5-2/h7,10,15,17,19-20,22-23,25-26,28-29,31-32,34-35,52H,4-6,8-9,11-14,16,18,21,24,27,30,33,36-51H2,1-3H3/b10-7-,17-15-,20-19-,23-22-,26-25-,29-28-,32-31-,35-34-. The van der Waals surface area contributed by atoms with Crippen molar-refractivity contribution in [3.8, 4) is 0 Å². The Bertz CT molecular complexity index is 1250. The molecule has 346 valence electrons. The summed E-state index contributed by atoms with van der Waals surface area (Å²) in [6.07, 6.45) is 64.4. The maximum atomic E-state index is 12.6. The van der Waals surface area contributed by atoms with Gasteiger partial charge in [-0.2, -0.15) is 0 Å². The van der Waals surface area contributed by atoms with Crippen molar-refractivity contribution in [3.63, 3.8) is 0 Å². The summed E-state index contributed by atoms with van der Waals surface area (Å²) in [5.41, 5.74) is 0. The van der Waals surface area contributed by atoms with E-state index in [0.717, 1.165) is 128 Å². The van der Waals surface area contributed by atoms with Crippen molar-refractivity contribution in [1.82, 2.24) is 0 Å². The summed E-state index contributed by atoms with van der Waals surface area (Å²) in [6.45, 7) is 6.37. The Morgan fingerprint density at radius 3 is 1.00 bits per heavy atom. The van der Waals surface area contributed by atoms with Crippen molar-refractivity contribution in [2.24, 2.45) is 0 Å². The number of allylic oxidation sites excluding steroid dienone is 16. The Kier molecular flexibility index (Phi) is 46.0. The van der Waals surface area contributed by atoms with Crippen molar-refractivity contribution >= 4 is 17.9 Å². The molecule has 0 bridgehead atoms. The van der Waals surface area contributed by atoms with Crippen LogP contribution in [-0.2, 0) is 28.6 Å². The molecule has 0 fully saturated rings. The average Bonchev–Trinajstić information content (AvgIpc) is 3.26. The Morgan fingerprint density at radius 2 is 0.639 bits per heavy atom. The van der Waals surface area contributed by atoms with Crippen LogP contribution in [0, 0.1) is 0 Å². The molecule has 0 rings (SSSR count). The van der Waals surface area contributed by atoms with Crippen LogP contribution >= 0.6 is 0 Å². The van der Waals surface area contributed by atoms with E-state index in [1.807, 2.05) is 0 Å². The van der Waals surface area contributed by atoms with E-state index in [-0.39, 0.29) is 31.1 Å². The number of ether oxygens (including phenoxy) is 3. The number of carbonyl (C=O) groups excluding carboxylic acids is 3. The van der Waals surface area contributed by atoms with Crippen LogP contribution in [0.4, 0.5) is 0 Å². The van der Waals surface area contributed by atoms with Gasteiger partial charge in [0.15, 0.2) is 6.10 Å². The minimum atomic E-state index is -0.780. The molecule has 0 radical (unpaired) electrons. The lowest BCUT2D eigenvalue weighted by molar-refractivity contribution is -0.167. The highest BCUT2D eigenvalue weighted by Gasteiger charge is 2.19. The first-order valence-electron chi connectivity index (χ1n) is 24.7. The minimum absolute atomic E-state index is 0.0860. The highest BCUT2D eigenvalue weighted by Crippen LogP contribution is 2.13. The number of hydrogen-bond acceptors (Lipinski definition) is 6. The third-order valence-corrected chi connectivity index (χ3v) is 10.1. The van der Waals surface area contributed by atoms with E-state index in [1.54, 1.807) is 0 Å². The first-order chi connectivity index (χ1) is 30.0. The molecule has 0 N–H and O–H groups in total. The summed E-state index contributed by atoms with van der Waals surface area (Å²) < 4.78 is 16.6. The molecule has 0 saturated heterocycles. The molecule has 0 aliphatic rings. The summed E-state index contributed by atoms with van der Waals surface area (Å²) in [6, 6.07) is 0. The third-order valence-electron chi connectivity index (χ3n) is 10.1. The molecule has 0 spiro atoms. The molecule has 0 heterocycles. The van der Waals surface area contributed by atoms with E-state index in [4.69, 9.17) is 14.2 Å². The second-order valence-corrected chi connectivity index (χ2v) is 16.0. The van der Waals surface area contributed by atoms with Crippen LogP contribution in [0.2, 0.25) is 0 Å². The predicted molar refractivity (Wildman–Crippen MR) is 260 cm³/mol. The van der Waals surface area contributed by atoms with Gasteiger partial charge in [-0.05, 0) is 83.5 Å². The SMILES string of the molecule is CC/C=C\C/C=C\C/C=C\C/C=C\C/C=C\C/C=C\C/C=C\C/C=C\CCCCCCC(=O)OCC(COC(=O)CCCCCCC)OC(=O)CCCCCCCCCCC. The minimum Gasteiger partial charge on any atom is -0.462 e. The zero-order valence-corrected chi connectivity index (χ0v) is 39.4. The Hall–Kier alpha value is -3.67. The molecule has 61 heavy (non-hydrogen) atoms. The van der Waals surface area contributed by atoms with Crippen LogP contribution in [0.15, 0.2) is 97.2 Å². The van der Waals surface area contributed by atoms with Crippen molar-refractivity contribution in [2.45, 2.75) is 219 Å². The summed E-state index contributed by atoms with van der Waals surface area (Å²) in [7, 11) is 0. The maximum Gasteiger partial charge on any atom is 0.306 e. The van der Waals surface area contributed by atoms with Gasteiger partial charge in [-0.25, -0.2) is 0 Å². The van der Waals surface area contributed by atoms with Gasteiger partial charge in [0, 0.05) is 19.3 Å². The number of carbonyl (C=O) groups is 3. The molecular formula is C55H90O6. The lowest BCUT2D eigenvalue weighted by Crippen LogP contribution is -2.30. The molecule has 0 aromatic rings. The van der Waals surface area contributed by atoms with Crippen LogP contribution in [0.5, 0.6) is 0 Å².